The largest absolute Gasteiger partial charge is 0.316 e. The summed E-state index contributed by atoms with van der Waals surface area (Å²) in [4.78, 5) is 1.46. The van der Waals surface area contributed by atoms with Gasteiger partial charge in [-0.3, -0.25) is 0 Å². The minimum Gasteiger partial charge on any atom is -0.316 e. The summed E-state index contributed by atoms with van der Waals surface area (Å²) in [5.74, 6) is 0. The Bertz CT molecular complexity index is 315. The van der Waals surface area contributed by atoms with Crippen molar-refractivity contribution < 1.29 is 0 Å². The first-order chi connectivity index (χ1) is 7.75. The van der Waals surface area contributed by atoms with E-state index in [9.17, 15) is 0 Å². The van der Waals surface area contributed by atoms with E-state index >= 15 is 0 Å². The molecule has 0 aliphatic carbocycles. The summed E-state index contributed by atoms with van der Waals surface area (Å²) in [7, 11) is 0. The van der Waals surface area contributed by atoms with Crippen molar-refractivity contribution in [1.29, 1.82) is 0 Å². The molecule has 1 aliphatic rings. The summed E-state index contributed by atoms with van der Waals surface area (Å²) < 4.78 is 0. The zero-order valence-corrected chi connectivity index (χ0v) is 11.2. The van der Waals surface area contributed by atoms with Crippen LogP contribution in [-0.4, -0.2) is 23.7 Å². The van der Waals surface area contributed by atoms with Gasteiger partial charge < -0.3 is 5.32 Å². The van der Waals surface area contributed by atoms with Crippen molar-refractivity contribution in [3.8, 4) is 0 Å². The van der Waals surface area contributed by atoms with Crippen LogP contribution >= 0.6 is 23.4 Å². The zero-order chi connectivity index (χ0) is 11.4. The van der Waals surface area contributed by atoms with Gasteiger partial charge in [0.2, 0.25) is 0 Å². The van der Waals surface area contributed by atoms with Crippen LogP contribution in [0.1, 0.15) is 18.9 Å². The van der Waals surface area contributed by atoms with Gasteiger partial charge in [-0.25, -0.2) is 0 Å². The summed E-state index contributed by atoms with van der Waals surface area (Å²) >= 11 is 7.90. The maximum atomic E-state index is 5.90. The van der Waals surface area contributed by atoms with Crippen LogP contribution in [0.4, 0.5) is 0 Å². The number of halogens is 1. The fourth-order valence-corrected chi connectivity index (χ4v) is 3.32. The molecule has 2 unspecified atom stereocenters. The van der Waals surface area contributed by atoms with Crippen LogP contribution in [0.15, 0.2) is 29.2 Å². The van der Waals surface area contributed by atoms with Crippen molar-refractivity contribution >= 4 is 23.4 Å². The minimum atomic E-state index is 0.279. The summed E-state index contributed by atoms with van der Waals surface area (Å²) in [6, 6.07) is 8.71. The smallest absolute Gasteiger partial charge is 0.0319 e. The molecule has 3 heteroatoms. The molecule has 0 fully saturated rings. The highest BCUT2D eigenvalue weighted by atomic mass is 35.5. The number of nitrogens with one attached hydrogen (secondary N) is 1. The third-order valence-electron chi connectivity index (χ3n) is 2.80. The van der Waals surface area contributed by atoms with Crippen molar-refractivity contribution in [2.75, 3.05) is 13.1 Å². The Hall–Kier alpha value is -0.180. The third kappa shape index (κ3) is 3.41. The van der Waals surface area contributed by atoms with Gasteiger partial charge in [-0.2, -0.15) is 0 Å². The van der Waals surface area contributed by atoms with Crippen molar-refractivity contribution in [1.82, 2.24) is 5.32 Å². The first kappa shape index (κ1) is 12.3. The number of rotatable bonds is 5. The fraction of sp³-hybridized carbons (Fsp3) is 0.538. The highest BCUT2D eigenvalue weighted by molar-refractivity contribution is 8.00. The number of fused-ring (bicyclic) bond motifs is 1. The predicted molar refractivity (Wildman–Crippen MR) is 72.6 cm³/mol. The SMILES string of the molecule is CC(Cl)CCNCC1Cc2ccccc2S1. The van der Waals surface area contributed by atoms with Gasteiger partial charge in [0.25, 0.3) is 0 Å². The lowest BCUT2D eigenvalue weighted by molar-refractivity contribution is 0.630. The molecular formula is C13H18ClNS. The summed E-state index contributed by atoms with van der Waals surface area (Å²) in [5.41, 5.74) is 1.50. The molecule has 88 valence electrons. The third-order valence-corrected chi connectivity index (χ3v) is 4.34. The maximum Gasteiger partial charge on any atom is 0.0319 e. The molecule has 0 saturated heterocycles. The van der Waals surface area contributed by atoms with E-state index in [0.717, 1.165) is 19.5 Å². The van der Waals surface area contributed by atoms with Crippen molar-refractivity contribution in [3.05, 3.63) is 29.8 Å². The lowest BCUT2D eigenvalue weighted by Crippen LogP contribution is -2.26. The first-order valence-electron chi connectivity index (χ1n) is 5.85. The fourth-order valence-electron chi connectivity index (χ4n) is 1.93. The van der Waals surface area contributed by atoms with Gasteiger partial charge >= 0.3 is 0 Å². The molecule has 2 rings (SSSR count). The standard InChI is InChI=1S/C13H18ClNS/c1-10(14)6-7-15-9-12-8-11-4-2-3-5-13(11)16-12/h2-5,10,12,15H,6-9H2,1H3. The molecule has 1 heterocycles. The van der Waals surface area contributed by atoms with Crippen LogP contribution < -0.4 is 5.32 Å². The maximum absolute atomic E-state index is 5.90. The number of thioether (sulfide) groups is 1. The van der Waals surface area contributed by atoms with Crippen molar-refractivity contribution in [3.63, 3.8) is 0 Å². The molecule has 16 heavy (non-hydrogen) atoms. The Kier molecular flexibility index (Phi) is 4.56. The van der Waals surface area contributed by atoms with Gasteiger partial charge in [0.1, 0.15) is 0 Å². The van der Waals surface area contributed by atoms with E-state index in [0.29, 0.717) is 5.25 Å². The average molecular weight is 256 g/mol. The monoisotopic (exact) mass is 255 g/mol. The molecule has 0 spiro atoms. The van der Waals surface area contributed by atoms with Gasteiger partial charge in [0, 0.05) is 22.1 Å². The first-order valence-corrected chi connectivity index (χ1v) is 7.16. The molecule has 1 aromatic carbocycles. The molecule has 0 saturated carbocycles. The molecule has 0 aromatic heterocycles. The summed E-state index contributed by atoms with van der Waals surface area (Å²) in [5, 5.41) is 4.46. The predicted octanol–water partition coefficient (Wildman–Crippen LogP) is 3.31. The number of hydrogen-bond donors (Lipinski definition) is 1. The summed E-state index contributed by atoms with van der Waals surface area (Å²) in [6.07, 6.45) is 2.25. The topological polar surface area (TPSA) is 12.0 Å². The van der Waals surface area contributed by atoms with Crippen LogP contribution in [0.3, 0.4) is 0 Å². The Morgan fingerprint density at radius 2 is 2.31 bits per heavy atom. The quantitative estimate of drug-likeness (QED) is 0.640. The van der Waals surface area contributed by atoms with Gasteiger partial charge in [-0.1, -0.05) is 18.2 Å². The van der Waals surface area contributed by atoms with Crippen LogP contribution in [-0.2, 0) is 6.42 Å². The van der Waals surface area contributed by atoms with Gasteiger partial charge in [-0.15, -0.1) is 23.4 Å². The number of benzene rings is 1. The Labute approximate surface area is 107 Å². The molecule has 2 atom stereocenters. The lowest BCUT2D eigenvalue weighted by Gasteiger charge is -2.10. The second-order valence-corrected chi connectivity index (χ2v) is 6.41. The molecule has 0 radical (unpaired) electrons. The van der Waals surface area contributed by atoms with Crippen molar-refractivity contribution in [2.24, 2.45) is 0 Å². The zero-order valence-electron chi connectivity index (χ0n) is 9.58. The van der Waals surface area contributed by atoms with E-state index in [1.165, 1.54) is 16.9 Å². The molecule has 0 amide bonds. The van der Waals surface area contributed by atoms with E-state index in [-0.39, 0.29) is 5.38 Å². The number of hydrogen-bond acceptors (Lipinski definition) is 2. The van der Waals surface area contributed by atoms with E-state index in [2.05, 4.69) is 29.6 Å². The second kappa shape index (κ2) is 5.95. The molecule has 1 N–H and O–H groups in total. The van der Waals surface area contributed by atoms with E-state index in [1.54, 1.807) is 0 Å². The summed E-state index contributed by atoms with van der Waals surface area (Å²) in [6.45, 7) is 4.16. The highest BCUT2D eigenvalue weighted by Gasteiger charge is 2.20. The van der Waals surface area contributed by atoms with Crippen LogP contribution in [0, 0.1) is 0 Å². The van der Waals surface area contributed by atoms with Crippen LogP contribution in [0.25, 0.3) is 0 Å². The van der Waals surface area contributed by atoms with Crippen LogP contribution in [0.5, 0.6) is 0 Å². The normalized spacial score (nSPS) is 20.8. The molecule has 1 aliphatic heterocycles. The Balaban J connectivity index is 1.71. The average Bonchev–Trinajstić information content (AvgIpc) is 2.66. The van der Waals surface area contributed by atoms with E-state index < -0.39 is 0 Å². The Morgan fingerprint density at radius 1 is 1.50 bits per heavy atom. The van der Waals surface area contributed by atoms with Gasteiger partial charge in [0.05, 0.1) is 0 Å². The molecule has 1 aromatic rings. The van der Waals surface area contributed by atoms with E-state index in [1.807, 2.05) is 18.7 Å². The van der Waals surface area contributed by atoms with Crippen LogP contribution in [0.2, 0.25) is 0 Å². The van der Waals surface area contributed by atoms with E-state index in [4.69, 9.17) is 11.6 Å². The van der Waals surface area contributed by atoms with Crippen molar-refractivity contribution in [2.45, 2.75) is 35.3 Å². The minimum absolute atomic E-state index is 0.279. The number of alkyl halides is 1. The van der Waals surface area contributed by atoms with Gasteiger partial charge in [0.15, 0.2) is 0 Å². The Morgan fingerprint density at radius 3 is 3.06 bits per heavy atom. The molecule has 1 nitrogen and oxygen atoms in total. The van der Waals surface area contributed by atoms with Gasteiger partial charge in [-0.05, 0) is 37.9 Å². The molecule has 0 bridgehead atoms. The highest BCUT2D eigenvalue weighted by Crippen LogP contribution is 2.36. The second-order valence-electron chi connectivity index (χ2n) is 4.33. The molecular weight excluding hydrogens is 238 g/mol. The lowest BCUT2D eigenvalue weighted by atomic mass is 10.1.